The number of sulfone groups is 1. The lowest BCUT2D eigenvalue weighted by Crippen LogP contribution is -2.15. The fourth-order valence-corrected chi connectivity index (χ4v) is 3.78. The Morgan fingerprint density at radius 2 is 2.05 bits per heavy atom. The fourth-order valence-electron chi connectivity index (χ4n) is 2.09. The summed E-state index contributed by atoms with van der Waals surface area (Å²) in [5, 5.41) is 9.08. The molecule has 0 amide bonds. The summed E-state index contributed by atoms with van der Waals surface area (Å²) in [6.45, 7) is 3.88. The van der Waals surface area contributed by atoms with Crippen LogP contribution in [-0.2, 0) is 9.84 Å². The molecule has 0 aromatic heterocycles. The predicted octanol–water partition coefficient (Wildman–Crippen LogP) is 2.60. The minimum Gasteiger partial charge on any atom is -0.496 e. The molecule has 112 valence electrons. The Bertz CT molecular complexity index is 577. The summed E-state index contributed by atoms with van der Waals surface area (Å²) in [4.78, 5) is 11.1. The van der Waals surface area contributed by atoms with Crippen LogP contribution in [-0.4, -0.2) is 32.4 Å². The van der Waals surface area contributed by atoms with Crippen molar-refractivity contribution in [1.82, 2.24) is 0 Å². The van der Waals surface area contributed by atoms with Gasteiger partial charge in [0.15, 0.2) is 9.84 Å². The van der Waals surface area contributed by atoms with Gasteiger partial charge in [0.25, 0.3) is 0 Å². The van der Waals surface area contributed by atoms with E-state index in [0.29, 0.717) is 0 Å². The molecule has 0 fully saturated rings. The highest BCUT2D eigenvalue weighted by Gasteiger charge is 2.21. The first-order valence-corrected chi connectivity index (χ1v) is 8.11. The van der Waals surface area contributed by atoms with Crippen molar-refractivity contribution >= 4 is 15.8 Å². The van der Waals surface area contributed by atoms with Gasteiger partial charge in [-0.15, -0.1) is 0 Å². The Morgan fingerprint density at radius 3 is 2.55 bits per heavy atom. The van der Waals surface area contributed by atoms with Gasteiger partial charge in [0.05, 0.1) is 17.8 Å². The second-order valence-electron chi connectivity index (χ2n) is 4.84. The molecule has 0 saturated carbocycles. The standard InChI is InChI=1S/C14H20O5S/c1-4-5-10(2)9-20(17,18)11-6-7-13(19-3)12(8-11)14(15)16/h6-8,10H,4-5,9H2,1-3H3,(H,15,16). The van der Waals surface area contributed by atoms with Gasteiger partial charge < -0.3 is 9.84 Å². The lowest BCUT2D eigenvalue weighted by molar-refractivity contribution is 0.0693. The third-order valence-corrected chi connectivity index (χ3v) is 5.03. The van der Waals surface area contributed by atoms with Crippen LogP contribution < -0.4 is 4.74 Å². The smallest absolute Gasteiger partial charge is 0.339 e. The van der Waals surface area contributed by atoms with Gasteiger partial charge in [-0.25, -0.2) is 13.2 Å². The van der Waals surface area contributed by atoms with E-state index in [1.807, 2.05) is 13.8 Å². The van der Waals surface area contributed by atoms with Crippen molar-refractivity contribution in [1.29, 1.82) is 0 Å². The van der Waals surface area contributed by atoms with Crippen molar-refractivity contribution in [3.05, 3.63) is 23.8 Å². The highest BCUT2D eigenvalue weighted by atomic mass is 32.2. The van der Waals surface area contributed by atoms with Gasteiger partial charge in [0, 0.05) is 0 Å². The SMILES string of the molecule is CCCC(C)CS(=O)(=O)c1ccc(OC)c(C(=O)O)c1. The maximum absolute atomic E-state index is 12.3. The number of rotatable bonds is 7. The zero-order chi connectivity index (χ0) is 15.3. The minimum atomic E-state index is -3.48. The largest absolute Gasteiger partial charge is 0.496 e. The molecule has 0 aliphatic carbocycles. The van der Waals surface area contributed by atoms with Crippen molar-refractivity contribution in [3.8, 4) is 5.75 Å². The van der Waals surface area contributed by atoms with Crippen LogP contribution >= 0.6 is 0 Å². The summed E-state index contributed by atoms with van der Waals surface area (Å²) < 4.78 is 29.4. The number of benzene rings is 1. The molecule has 0 heterocycles. The second kappa shape index (κ2) is 6.74. The molecule has 6 heteroatoms. The van der Waals surface area contributed by atoms with Crippen molar-refractivity contribution in [2.24, 2.45) is 5.92 Å². The molecule has 0 aliphatic rings. The molecular formula is C14H20O5S. The normalized spacial score (nSPS) is 12.9. The second-order valence-corrected chi connectivity index (χ2v) is 6.88. The lowest BCUT2D eigenvalue weighted by Gasteiger charge is -2.12. The quantitative estimate of drug-likeness (QED) is 0.837. The average molecular weight is 300 g/mol. The van der Waals surface area contributed by atoms with Gasteiger partial charge in [-0.2, -0.15) is 0 Å². The maximum Gasteiger partial charge on any atom is 0.339 e. The molecule has 1 unspecified atom stereocenters. The zero-order valence-corrected chi connectivity index (χ0v) is 12.7. The topological polar surface area (TPSA) is 80.7 Å². The maximum atomic E-state index is 12.3. The number of carbonyl (C=O) groups is 1. The molecule has 1 rings (SSSR count). The fraction of sp³-hybridized carbons (Fsp3) is 0.500. The monoisotopic (exact) mass is 300 g/mol. The molecule has 1 aromatic carbocycles. The molecule has 0 radical (unpaired) electrons. The molecule has 1 N–H and O–H groups in total. The Balaban J connectivity index is 3.13. The molecule has 0 bridgehead atoms. The number of ether oxygens (including phenoxy) is 1. The minimum absolute atomic E-state index is 0.0201. The van der Waals surface area contributed by atoms with E-state index in [0.717, 1.165) is 18.9 Å². The van der Waals surface area contributed by atoms with Gasteiger partial charge in [-0.05, 0) is 30.5 Å². The van der Waals surface area contributed by atoms with Crippen molar-refractivity contribution in [3.63, 3.8) is 0 Å². The molecule has 1 atom stereocenters. The zero-order valence-electron chi connectivity index (χ0n) is 11.9. The molecule has 0 aliphatic heterocycles. The number of carboxylic acid groups (broad SMARTS) is 1. The van der Waals surface area contributed by atoms with Crippen LogP contribution in [0, 0.1) is 5.92 Å². The summed E-state index contributed by atoms with van der Waals surface area (Å²) >= 11 is 0. The molecule has 0 saturated heterocycles. The highest BCUT2D eigenvalue weighted by Crippen LogP contribution is 2.24. The summed E-state index contributed by atoms with van der Waals surface area (Å²) in [5.74, 6) is -0.995. The van der Waals surface area contributed by atoms with E-state index in [1.54, 1.807) is 0 Å². The van der Waals surface area contributed by atoms with Crippen LogP contribution in [0.4, 0.5) is 0 Å². The summed E-state index contributed by atoms with van der Waals surface area (Å²) in [6, 6.07) is 3.93. The van der Waals surface area contributed by atoms with Crippen LogP contribution in [0.5, 0.6) is 5.75 Å². The molecule has 1 aromatic rings. The summed E-state index contributed by atoms with van der Waals surface area (Å²) in [7, 11) is -2.14. The Hall–Kier alpha value is -1.56. The van der Waals surface area contributed by atoms with Gasteiger partial charge in [-0.1, -0.05) is 20.3 Å². The number of hydrogen-bond acceptors (Lipinski definition) is 4. The van der Waals surface area contributed by atoms with Crippen LogP contribution in [0.25, 0.3) is 0 Å². The van der Waals surface area contributed by atoms with E-state index in [9.17, 15) is 13.2 Å². The van der Waals surface area contributed by atoms with E-state index >= 15 is 0 Å². The number of aromatic carboxylic acids is 1. The Morgan fingerprint density at radius 1 is 1.40 bits per heavy atom. The first-order chi connectivity index (χ1) is 9.31. The number of carboxylic acids is 1. The van der Waals surface area contributed by atoms with E-state index < -0.39 is 15.8 Å². The number of methoxy groups -OCH3 is 1. The van der Waals surface area contributed by atoms with Crippen LogP contribution in [0.15, 0.2) is 23.1 Å². The first kappa shape index (κ1) is 16.5. The van der Waals surface area contributed by atoms with E-state index in [4.69, 9.17) is 9.84 Å². The predicted molar refractivity (Wildman–Crippen MR) is 76.1 cm³/mol. The molecule has 20 heavy (non-hydrogen) atoms. The molecule has 5 nitrogen and oxygen atoms in total. The van der Waals surface area contributed by atoms with Gasteiger partial charge in [0.2, 0.25) is 0 Å². The van der Waals surface area contributed by atoms with Crippen molar-refractivity contribution < 1.29 is 23.1 Å². The van der Waals surface area contributed by atoms with E-state index in [2.05, 4.69) is 0 Å². The average Bonchev–Trinajstić information content (AvgIpc) is 2.37. The van der Waals surface area contributed by atoms with Crippen LogP contribution in [0.3, 0.4) is 0 Å². The van der Waals surface area contributed by atoms with E-state index in [1.165, 1.54) is 19.2 Å². The van der Waals surface area contributed by atoms with Crippen molar-refractivity contribution in [2.45, 2.75) is 31.6 Å². The summed E-state index contributed by atoms with van der Waals surface area (Å²) in [6.07, 6.45) is 1.74. The third-order valence-electron chi connectivity index (χ3n) is 3.05. The Kier molecular flexibility index (Phi) is 5.56. The number of hydrogen-bond donors (Lipinski definition) is 1. The molecule has 0 spiro atoms. The van der Waals surface area contributed by atoms with Gasteiger partial charge in [-0.3, -0.25) is 0 Å². The van der Waals surface area contributed by atoms with Gasteiger partial charge >= 0.3 is 5.97 Å². The Labute approximate surface area is 119 Å². The van der Waals surface area contributed by atoms with Crippen molar-refractivity contribution in [2.75, 3.05) is 12.9 Å². The highest BCUT2D eigenvalue weighted by molar-refractivity contribution is 7.91. The lowest BCUT2D eigenvalue weighted by atomic mass is 10.1. The summed E-state index contributed by atoms with van der Waals surface area (Å²) in [5.41, 5.74) is -0.142. The van der Waals surface area contributed by atoms with Crippen LogP contribution in [0.2, 0.25) is 0 Å². The molecular weight excluding hydrogens is 280 g/mol. The first-order valence-electron chi connectivity index (χ1n) is 6.46. The van der Waals surface area contributed by atoms with Gasteiger partial charge in [0.1, 0.15) is 11.3 Å². The van der Waals surface area contributed by atoms with Crippen LogP contribution in [0.1, 0.15) is 37.0 Å². The van der Waals surface area contributed by atoms with E-state index in [-0.39, 0.29) is 27.9 Å². The third kappa shape index (κ3) is 3.96.